The van der Waals surface area contributed by atoms with Crippen molar-refractivity contribution in [2.45, 2.75) is 13.2 Å². The molecule has 3 aromatic carbocycles. The molecule has 0 aliphatic carbocycles. The van der Waals surface area contributed by atoms with Crippen LogP contribution in [0, 0.1) is 21.4 Å². The predicted octanol–water partition coefficient (Wildman–Crippen LogP) is 5.08. The zero-order valence-corrected chi connectivity index (χ0v) is 21.6. The first-order valence-corrected chi connectivity index (χ1v) is 11.5. The minimum atomic E-state index is -0.584. The van der Waals surface area contributed by atoms with Crippen LogP contribution in [0.3, 0.4) is 0 Å². The lowest BCUT2D eigenvalue weighted by Gasteiger charge is -2.14. The van der Waals surface area contributed by atoms with Gasteiger partial charge >= 0.3 is 0 Å². The number of nitro groups is 1. The number of methoxy groups -OCH3 is 3. The third-order valence-corrected chi connectivity index (χ3v) is 5.67. The molecule has 1 amide bonds. The molecule has 0 radical (unpaired) electrons. The quantitative estimate of drug-likeness (QED) is 0.155. The third kappa shape index (κ3) is 6.93. The van der Waals surface area contributed by atoms with E-state index in [1.807, 2.05) is 6.07 Å². The van der Waals surface area contributed by atoms with Gasteiger partial charge in [0.05, 0.1) is 31.3 Å². The number of amides is 1. The molecule has 0 aromatic heterocycles. The van der Waals surface area contributed by atoms with Crippen LogP contribution in [0.1, 0.15) is 16.7 Å². The average Bonchev–Trinajstić information content (AvgIpc) is 2.93. The van der Waals surface area contributed by atoms with Gasteiger partial charge in [-0.1, -0.05) is 11.6 Å². The number of halogens is 1. The van der Waals surface area contributed by atoms with E-state index in [-0.39, 0.29) is 40.9 Å². The highest BCUT2D eigenvalue weighted by Crippen LogP contribution is 2.37. The smallest absolute Gasteiger partial charge is 0.269 e. The largest absolute Gasteiger partial charge is 0.497 e. The number of hydrogen-bond donors (Lipinski definition) is 1. The molecule has 196 valence electrons. The second kappa shape index (κ2) is 13.0. The number of hydrogen-bond acceptors (Lipinski definition) is 8. The maximum Gasteiger partial charge on any atom is 0.269 e. The Morgan fingerprint density at radius 2 is 1.76 bits per heavy atom. The SMILES string of the molecule is COc1ccc(CNC(=O)/C(C#N)=C/c2cc(Cl)c(OCc3ccc([N+](=O)[O-])cc3)c(OC)c2)c(OC)c1. The first-order chi connectivity index (χ1) is 18.3. The summed E-state index contributed by atoms with van der Waals surface area (Å²) < 4.78 is 21.7. The first kappa shape index (κ1) is 27.8. The Kier molecular flexibility index (Phi) is 9.51. The van der Waals surface area contributed by atoms with Crippen molar-refractivity contribution in [3.63, 3.8) is 0 Å². The van der Waals surface area contributed by atoms with E-state index in [0.717, 1.165) is 0 Å². The van der Waals surface area contributed by atoms with Gasteiger partial charge in [0.2, 0.25) is 0 Å². The molecule has 0 atom stereocenters. The van der Waals surface area contributed by atoms with Gasteiger partial charge in [-0.05, 0) is 53.6 Å². The summed E-state index contributed by atoms with van der Waals surface area (Å²) in [4.78, 5) is 23.0. The van der Waals surface area contributed by atoms with Crippen molar-refractivity contribution < 1.29 is 28.7 Å². The van der Waals surface area contributed by atoms with E-state index < -0.39 is 10.8 Å². The van der Waals surface area contributed by atoms with E-state index in [1.165, 1.54) is 38.5 Å². The van der Waals surface area contributed by atoms with Gasteiger partial charge in [-0.25, -0.2) is 0 Å². The van der Waals surface area contributed by atoms with Crippen molar-refractivity contribution in [2.24, 2.45) is 0 Å². The summed E-state index contributed by atoms with van der Waals surface area (Å²) in [6, 6.07) is 16.1. The Bertz CT molecular complexity index is 1400. The van der Waals surface area contributed by atoms with Gasteiger partial charge in [-0.2, -0.15) is 5.26 Å². The molecule has 0 bridgehead atoms. The van der Waals surface area contributed by atoms with Crippen molar-refractivity contribution >= 4 is 29.3 Å². The predicted molar refractivity (Wildman–Crippen MR) is 140 cm³/mol. The van der Waals surface area contributed by atoms with E-state index in [9.17, 15) is 20.2 Å². The number of nitrogens with zero attached hydrogens (tertiary/aromatic N) is 2. The van der Waals surface area contributed by atoms with Crippen LogP contribution in [0.15, 0.2) is 60.2 Å². The summed E-state index contributed by atoms with van der Waals surface area (Å²) in [5, 5.41) is 23.3. The maximum absolute atomic E-state index is 12.7. The molecular weight excluding hydrogens is 514 g/mol. The van der Waals surface area contributed by atoms with Crippen molar-refractivity contribution in [2.75, 3.05) is 21.3 Å². The summed E-state index contributed by atoms with van der Waals surface area (Å²) in [6.07, 6.45) is 1.38. The van der Waals surface area contributed by atoms with Crippen molar-refractivity contribution in [1.82, 2.24) is 5.32 Å². The molecule has 0 aliphatic heterocycles. The van der Waals surface area contributed by atoms with Gasteiger partial charge in [0, 0.05) is 30.3 Å². The van der Waals surface area contributed by atoms with Crippen LogP contribution >= 0.6 is 11.6 Å². The van der Waals surface area contributed by atoms with E-state index in [1.54, 1.807) is 43.5 Å². The number of rotatable bonds is 11. The number of carbonyl (C=O) groups excluding carboxylic acids is 1. The zero-order chi connectivity index (χ0) is 27.7. The fourth-order valence-electron chi connectivity index (χ4n) is 3.42. The van der Waals surface area contributed by atoms with Gasteiger partial charge in [0.25, 0.3) is 11.6 Å². The molecule has 0 aliphatic rings. The third-order valence-electron chi connectivity index (χ3n) is 5.39. The van der Waals surface area contributed by atoms with Crippen molar-refractivity contribution in [3.05, 3.63) is 92.0 Å². The van der Waals surface area contributed by atoms with E-state index in [4.69, 9.17) is 30.5 Å². The number of nitrogens with one attached hydrogen (secondary N) is 1. The summed E-state index contributed by atoms with van der Waals surface area (Å²) in [6.45, 7) is 0.217. The maximum atomic E-state index is 12.7. The van der Waals surface area contributed by atoms with Crippen LogP contribution in [-0.4, -0.2) is 32.2 Å². The fourth-order valence-corrected chi connectivity index (χ4v) is 3.69. The molecule has 1 N–H and O–H groups in total. The molecule has 10 nitrogen and oxygen atoms in total. The molecule has 11 heteroatoms. The van der Waals surface area contributed by atoms with Crippen molar-refractivity contribution in [1.29, 1.82) is 5.26 Å². The zero-order valence-electron chi connectivity index (χ0n) is 20.8. The highest BCUT2D eigenvalue weighted by Gasteiger charge is 2.15. The number of nitro benzene ring substituents is 1. The average molecular weight is 538 g/mol. The van der Waals surface area contributed by atoms with Crippen molar-refractivity contribution in [3.8, 4) is 29.1 Å². The topological polar surface area (TPSA) is 133 Å². The van der Waals surface area contributed by atoms with Gasteiger partial charge < -0.3 is 24.3 Å². The molecule has 3 aromatic rings. The lowest BCUT2D eigenvalue weighted by molar-refractivity contribution is -0.384. The van der Waals surface area contributed by atoms with Crippen LogP contribution in [0.5, 0.6) is 23.0 Å². The minimum absolute atomic E-state index is 0.0269. The van der Waals surface area contributed by atoms with E-state index in [2.05, 4.69) is 5.32 Å². The van der Waals surface area contributed by atoms with Gasteiger partial charge in [0.1, 0.15) is 29.7 Å². The Morgan fingerprint density at radius 3 is 2.37 bits per heavy atom. The standard InChI is InChI=1S/C27H24ClN3O7/c1-35-22-9-6-19(24(13-22)36-2)15-30-27(32)20(14-29)10-18-11-23(28)26(25(12-18)37-3)38-16-17-4-7-21(8-5-17)31(33)34/h4-13H,15-16H2,1-3H3,(H,30,32)/b20-10+. The van der Waals surface area contributed by atoms with E-state index in [0.29, 0.717) is 28.2 Å². The van der Waals surface area contributed by atoms with Crippen LogP contribution in [0.4, 0.5) is 5.69 Å². The summed E-state index contributed by atoms with van der Waals surface area (Å²) in [7, 11) is 4.48. The molecular formula is C27H24ClN3O7. The number of ether oxygens (including phenoxy) is 4. The highest BCUT2D eigenvalue weighted by atomic mass is 35.5. The molecule has 0 fully saturated rings. The summed E-state index contributed by atoms with van der Waals surface area (Å²) in [5.41, 5.74) is 1.67. The minimum Gasteiger partial charge on any atom is -0.497 e. The van der Waals surface area contributed by atoms with Gasteiger partial charge in [-0.15, -0.1) is 0 Å². The Balaban J connectivity index is 1.74. The number of nitriles is 1. The normalized spacial score (nSPS) is 10.8. The number of benzene rings is 3. The number of non-ortho nitro benzene ring substituents is 1. The summed E-state index contributed by atoms with van der Waals surface area (Å²) >= 11 is 6.42. The van der Waals surface area contributed by atoms with Crippen LogP contribution < -0.4 is 24.3 Å². The molecule has 0 unspecified atom stereocenters. The highest BCUT2D eigenvalue weighted by molar-refractivity contribution is 6.32. The second-order valence-corrected chi connectivity index (χ2v) is 8.18. The van der Waals surface area contributed by atoms with Crippen LogP contribution in [0.2, 0.25) is 5.02 Å². The second-order valence-electron chi connectivity index (χ2n) is 7.78. The Hall–Kier alpha value is -4.75. The lowest BCUT2D eigenvalue weighted by Crippen LogP contribution is -2.24. The first-order valence-electron chi connectivity index (χ1n) is 11.1. The molecule has 0 spiro atoms. The summed E-state index contributed by atoms with van der Waals surface area (Å²) in [5.74, 6) is 1.10. The number of carbonyl (C=O) groups is 1. The van der Waals surface area contributed by atoms with E-state index >= 15 is 0 Å². The van der Waals surface area contributed by atoms with Crippen LogP contribution in [-0.2, 0) is 17.9 Å². The lowest BCUT2D eigenvalue weighted by atomic mass is 10.1. The Morgan fingerprint density at radius 1 is 1.05 bits per heavy atom. The Labute approximate surface area is 224 Å². The molecule has 0 saturated carbocycles. The monoisotopic (exact) mass is 537 g/mol. The molecule has 0 saturated heterocycles. The van der Waals surface area contributed by atoms with Gasteiger partial charge in [0.15, 0.2) is 11.5 Å². The molecule has 38 heavy (non-hydrogen) atoms. The molecule has 3 rings (SSSR count). The van der Waals surface area contributed by atoms with Crippen LogP contribution in [0.25, 0.3) is 6.08 Å². The fraction of sp³-hybridized carbons (Fsp3) is 0.185. The molecule has 0 heterocycles. The van der Waals surface area contributed by atoms with Gasteiger partial charge in [-0.3, -0.25) is 14.9 Å².